The van der Waals surface area contributed by atoms with Crippen LogP contribution in [0.25, 0.3) is 0 Å². The maximum atomic E-state index is 13.2. The van der Waals surface area contributed by atoms with Gasteiger partial charge in [0.1, 0.15) is 0 Å². The third kappa shape index (κ3) is 6.18. The first kappa shape index (κ1) is 22.0. The minimum absolute atomic E-state index is 0.0782. The second-order valence-corrected chi connectivity index (χ2v) is 9.16. The van der Waals surface area contributed by atoms with Gasteiger partial charge in [0.2, 0.25) is 0 Å². The summed E-state index contributed by atoms with van der Waals surface area (Å²) in [6, 6.07) is 19.5. The quantitative estimate of drug-likeness (QED) is 0.567. The lowest BCUT2D eigenvalue weighted by atomic mass is 10.0. The fourth-order valence-electron chi connectivity index (χ4n) is 5.00. The van der Waals surface area contributed by atoms with Crippen LogP contribution >= 0.6 is 0 Å². The number of amides is 1. The maximum absolute atomic E-state index is 13.2. The van der Waals surface area contributed by atoms with Gasteiger partial charge in [-0.15, -0.1) is 0 Å². The minimum atomic E-state index is 0.0782. The van der Waals surface area contributed by atoms with Crippen LogP contribution in [-0.4, -0.2) is 47.7 Å². The van der Waals surface area contributed by atoms with Gasteiger partial charge in [0, 0.05) is 19.1 Å². The van der Waals surface area contributed by atoms with E-state index in [9.17, 15) is 4.79 Å². The van der Waals surface area contributed by atoms with E-state index in [0.29, 0.717) is 13.0 Å². The molecule has 2 aliphatic rings. The average molecular weight is 421 g/mol. The molecule has 0 atom stereocenters. The Morgan fingerprint density at radius 2 is 1.61 bits per heavy atom. The Labute approximate surface area is 187 Å². The minimum Gasteiger partial charge on any atom is -0.300 e. The van der Waals surface area contributed by atoms with Gasteiger partial charge in [-0.2, -0.15) is 0 Å². The second kappa shape index (κ2) is 10.9. The highest BCUT2D eigenvalue weighted by Crippen LogP contribution is 2.28. The molecule has 1 aliphatic heterocycles. The van der Waals surface area contributed by atoms with E-state index in [2.05, 4.69) is 36.1 Å². The molecule has 166 valence electrons. The Morgan fingerprint density at radius 3 is 2.29 bits per heavy atom. The van der Waals surface area contributed by atoms with Crippen LogP contribution in [-0.2, 0) is 22.5 Å². The molecule has 1 saturated carbocycles. The molecule has 4 nitrogen and oxygen atoms in total. The molecule has 31 heavy (non-hydrogen) atoms. The number of piperidine rings is 1. The smallest absolute Gasteiger partial charge is 0.250 e. The van der Waals surface area contributed by atoms with Gasteiger partial charge in [-0.05, 0) is 50.2 Å². The Morgan fingerprint density at radius 1 is 0.935 bits per heavy atom. The maximum Gasteiger partial charge on any atom is 0.250 e. The van der Waals surface area contributed by atoms with Crippen molar-refractivity contribution in [2.45, 2.75) is 70.4 Å². The number of benzene rings is 2. The number of likely N-dealkylation sites (tertiary alicyclic amines) is 1. The lowest BCUT2D eigenvalue weighted by Gasteiger charge is -2.40. The molecule has 0 bridgehead atoms. The standard InChI is InChI=1S/C27H36N2O2/c1-22-11-13-23(14-12-22)17-20-31-29(27(30)21-24-7-3-2-4-8-24)26-15-18-28(19-16-26)25-9-5-6-10-25/h2-4,7-8,11-14,25-26H,5-6,9-10,15-21H2,1H3. The molecule has 1 heterocycles. The zero-order chi connectivity index (χ0) is 21.5. The van der Waals surface area contributed by atoms with Crippen LogP contribution in [0.2, 0.25) is 0 Å². The number of carbonyl (C=O) groups excluding carboxylic acids is 1. The van der Waals surface area contributed by atoms with E-state index in [-0.39, 0.29) is 11.9 Å². The van der Waals surface area contributed by atoms with Crippen molar-refractivity contribution in [2.75, 3.05) is 19.7 Å². The first-order valence-corrected chi connectivity index (χ1v) is 12.0. The molecule has 1 amide bonds. The van der Waals surface area contributed by atoms with Gasteiger partial charge in [0.15, 0.2) is 0 Å². The summed E-state index contributed by atoms with van der Waals surface area (Å²) in [5.41, 5.74) is 3.55. The van der Waals surface area contributed by atoms with Gasteiger partial charge in [-0.1, -0.05) is 73.0 Å². The molecule has 0 spiro atoms. The molecular weight excluding hydrogens is 384 g/mol. The number of aryl methyl sites for hydroxylation is 1. The highest BCUT2D eigenvalue weighted by atomic mass is 16.7. The van der Waals surface area contributed by atoms with Crippen molar-refractivity contribution < 1.29 is 9.63 Å². The van der Waals surface area contributed by atoms with Crippen LogP contribution in [0, 0.1) is 6.92 Å². The number of hydroxylamine groups is 2. The monoisotopic (exact) mass is 420 g/mol. The lowest BCUT2D eigenvalue weighted by molar-refractivity contribution is -0.204. The van der Waals surface area contributed by atoms with E-state index in [1.165, 1.54) is 36.8 Å². The SMILES string of the molecule is Cc1ccc(CCON(C(=O)Cc2ccccc2)C2CCN(C3CCCC3)CC2)cc1. The topological polar surface area (TPSA) is 32.8 Å². The Kier molecular flexibility index (Phi) is 7.76. The van der Waals surface area contributed by atoms with Gasteiger partial charge in [0.05, 0.1) is 19.1 Å². The summed E-state index contributed by atoms with van der Waals surface area (Å²) in [6.45, 7) is 4.78. The van der Waals surface area contributed by atoms with E-state index in [4.69, 9.17) is 4.84 Å². The van der Waals surface area contributed by atoms with Crippen LogP contribution in [0.5, 0.6) is 0 Å². The fraction of sp³-hybridized carbons (Fsp3) is 0.519. The zero-order valence-corrected chi connectivity index (χ0v) is 18.8. The molecule has 4 heteroatoms. The molecular formula is C27H36N2O2. The number of nitrogens with zero attached hydrogens (tertiary/aromatic N) is 2. The largest absolute Gasteiger partial charge is 0.300 e. The van der Waals surface area contributed by atoms with Gasteiger partial charge in [-0.25, -0.2) is 5.06 Å². The van der Waals surface area contributed by atoms with Crippen LogP contribution in [0.4, 0.5) is 0 Å². The molecule has 0 unspecified atom stereocenters. The van der Waals surface area contributed by atoms with E-state index in [1.54, 1.807) is 5.06 Å². The Hall–Kier alpha value is -2.17. The predicted molar refractivity (Wildman–Crippen MR) is 125 cm³/mol. The number of hydrogen-bond donors (Lipinski definition) is 0. The van der Waals surface area contributed by atoms with E-state index < -0.39 is 0 Å². The summed E-state index contributed by atoms with van der Waals surface area (Å²) in [6.07, 6.45) is 8.64. The molecule has 1 saturated heterocycles. The van der Waals surface area contributed by atoms with Gasteiger partial charge in [-0.3, -0.25) is 9.63 Å². The first-order valence-electron chi connectivity index (χ1n) is 12.0. The third-order valence-electron chi connectivity index (χ3n) is 6.86. The van der Waals surface area contributed by atoms with E-state index >= 15 is 0 Å². The van der Waals surface area contributed by atoms with Crippen LogP contribution < -0.4 is 0 Å². The number of rotatable bonds is 8. The molecule has 0 aromatic heterocycles. The van der Waals surface area contributed by atoms with Crippen molar-refractivity contribution in [3.8, 4) is 0 Å². The van der Waals surface area contributed by atoms with E-state index in [0.717, 1.165) is 44.0 Å². The van der Waals surface area contributed by atoms with Gasteiger partial charge < -0.3 is 4.90 Å². The van der Waals surface area contributed by atoms with Crippen molar-refractivity contribution in [1.29, 1.82) is 0 Å². The summed E-state index contributed by atoms with van der Waals surface area (Å²) >= 11 is 0. The molecule has 2 fully saturated rings. The summed E-state index contributed by atoms with van der Waals surface area (Å²) in [5.74, 6) is 0.0782. The highest BCUT2D eigenvalue weighted by Gasteiger charge is 2.32. The Balaban J connectivity index is 1.36. The third-order valence-corrected chi connectivity index (χ3v) is 6.86. The molecule has 1 aliphatic carbocycles. The lowest BCUT2D eigenvalue weighted by Crippen LogP contribution is -2.49. The van der Waals surface area contributed by atoms with Crippen LogP contribution in [0.3, 0.4) is 0 Å². The summed E-state index contributed by atoms with van der Waals surface area (Å²) < 4.78 is 0. The van der Waals surface area contributed by atoms with Crippen LogP contribution in [0.15, 0.2) is 54.6 Å². The molecule has 4 rings (SSSR count). The highest BCUT2D eigenvalue weighted by molar-refractivity contribution is 5.78. The summed E-state index contributed by atoms with van der Waals surface area (Å²) in [5, 5.41) is 1.73. The van der Waals surface area contributed by atoms with Crippen molar-refractivity contribution in [3.63, 3.8) is 0 Å². The normalized spacial score (nSPS) is 18.4. The van der Waals surface area contributed by atoms with Crippen molar-refractivity contribution >= 4 is 5.91 Å². The summed E-state index contributed by atoms with van der Waals surface area (Å²) in [7, 11) is 0. The van der Waals surface area contributed by atoms with Crippen molar-refractivity contribution in [1.82, 2.24) is 9.96 Å². The predicted octanol–water partition coefficient (Wildman–Crippen LogP) is 4.95. The first-order chi connectivity index (χ1) is 15.2. The molecule has 0 radical (unpaired) electrons. The second-order valence-electron chi connectivity index (χ2n) is 9.16. The number of carbonyl (C=O) groups is 1. The van der Waals surface area contributed by atoms with Crippen LogP contribution in [0.1, 0.15) is 55.2 Å². The molecule has 0 N–H and O–H groups in total. The number of hydrogen-bond acceptors (Lipinski definition) is 3. The summed E-state index contributed by atoms with van der Waals surface area (Å²) in [4.78, 5) is 22.0. The van der Waals surface area contributed by atoms with Crippen molar-refractivity contribution in [2.24, 2.45) is 0 Å². The Bertz CT molecular complexity index is 807. The van der Waals surface area contributed by atoms with E-state index in [1.807, 2.05) is 30.3 Å². The van der Waals surface area contributed by atoms with Gasteiger partial charge >= 0.3 is 0 Å². The van der Waals surface area contributed by atoms with Gasteiger partial charge in [0.25, 0.3) is 5.91 Å². The molecule has 2 aromatic carbocycles. The molecule has 2 aromatic rings. The average Bonchev–Trinajstić information content (AvgIpc) is 3.34. The zero-order valence-electron chi connectivity index (χ0n) is 18.8. The van der Waals surface area contributed by atoms with Crippen molar-refractivity contribution in [3.05, 3.63) is 71.3 Å². The fourth-order valence-corrected chi connectivity index (χ4v) is 5.00.